The molecule has 0 radical (unpaired) electrons. The maximum absolute atomic E-state index is 12.7. The molecule has 7 heteroatoms. The molecule has 154 valence electrons. The molecule has 3 rings (SSSR count). The SMILES string of the molecule is COc1ccc(N)c(NC(=O)C2CCCN(C(=O)CCOc3ccccc3)C2)c1. The van der Waals surface area contributed by atoms with Crippen molar-refractivity contribution in [2.24, 2.45) is 5.92 Å². The van der Waals surface area contributed by atoms with Gasteiger partial charge in [-0.2, -0.15) is 0 Å². The summed E-state index contributed by atoms with van der Waals surface area (Å²) < 4.78 is 10.8. The number of nitrogen functional groups attached to an aromatic ring is 1. The van der Waals surface area contributed by atoms with Crippen LogP contribution in [0.1, 0.15) is 19.3 Å². The van der Waals surface area contributed by atoms with Crippen molar-refractivity contribution in [2.45, 2.75) is 19.3 Å². The summed E-state index contributed by atoms with van der Waals surface area (Å²) in [6, 6.07) is 14.5. The summed E-state index contributed by atoms with van der Waals surface area (Å²) >= 11 is 0. The molecule has 1 fully saturated rings. The van der Waals surface area contributed by atoms with Crippen molar-refractivity contribution in [2.75, 3.05) is 37.9 Å². The van der Waals surface area contributed by atoms with Crippen LogP contribution in [-0.4, -0.2) is 43.5 Å². The number of benzene rings is 2. The lowest BCUT2D eigenvalue weighted by Gasteiger charge is -2.32. The number of methoxy groups -OCH3 is 1. The fourth-order valence-corrected chi connectivity index (χ4v) is 3.35. The van der Waals surface area contributed by atoms with Gasteiger partial charge in [-0.3, -0.25) is 9.59 Å². The molecule has 1 aliphatic rings. The summed E-state index contributed by atoms with van der Waals surface area (Å²) in [5.41, 5.74) is 6.95. The van der Waals surface area contributed by atoms with Crippen LogP contribution in [0.3, 0.4) is 0 Å². The van der Waals surface area contributed by atoms with Crippen molar-refractivity contribution >= 4 is 23.2 Å². The van der Waals surface area contributed by atoms with E-state index in [9.17, 15) is 9.59 Å². The monoisotopic (exact) mass is 397 g/mol. The first-order valence-electron chi connectivity index (χ1n) is 9.77. The first-order valence-corrected chi connectivity index (χ1v) is 9.77. The molecule has 2 aromatic carbocycles. The van der Waals surface area contributed by atoms with Crippen LogP contribution < -0.4 is 20.5 Å². The van der Waals surface area contributed by atoms with Crippen LogP contribution in [-0.2, 0) is 9.59 Å². The number of nitrogens with two attached hydrogens (primary N) is 1. The summed E-state index contributed by atoms with van der Waals surface area (Å²) in [6.07, 6.45) is 1.81. The summed E-state index contributed by atoms with van der Waals surface area (Å²) in [5.74, 6) is 0.955. The van der Waals surface area contributed by atoms with E-state index in [-0.39, 0.29) is 24.2 Å². The van der Waals surface area contributed by atoms with Crippen LogP contribution in [0.4, 0.5) is 11.4 Å². The number of para-hydroxylation sites is 1. The zero-order valence-electron chi connectivity index (χ0n) is 16.6. The Kier molecular flexibility index (Phi) is 6.94. The first-order chi connectivity index (χ1) is 14.1. The van der Waals surface area contributed by atoms with Crippen molar-refractivity contribution in [1.29, 1.82) is 0 Å². The van der Waals surface area contributed by atoms with Gasteiger partial charge in [-0.15, -0.1) is 0 Å². The van der Waals surface area contributed by atoms with E-state index in [1.54, 1.807) is 30.2 Å². The molecular formula is C22H27N3O4. The standard InChI is InChI=1S/C22H27N3O4/c1-28-18-9-10-19(23)20(14-18)24-22(27)16-6-5-12-25(15-16)21(26)11-13-29-17-7-3-2-4-8-17/h2-4,7-10,14,16H,5-6,11-13,15,23H2,1H3,(H,24,27). The molecule has 7 nitrogen and oxygen atoms in total. The highest BCUT2D eigenvalue weighted by Gasteiger charge is 2.28. The second-order valence-corrected chi connectivity index (χ2v) is 7.03. The fraction of sp³-hybridized carbons (Fsp3) is 0.364. The molecule has 2 amide bonds. The third-order valence-electron chi connectivity index (χ3n) is 4.99. The molecule has 0 saturated carbocycles. The molecular weight excluding hydrogens is 370 g/mol. The lowest BCUT2D eigenvalue weighted by molar-refractivity contribution is -0.135. The number of carbonyl (C=O) groups is 2. The van der Waals surface area contributed by atoms with Crippen molar-refractivity contribution in [1.82, 2.24) is 4.90 Å². The van der Waals surface area contributed by atoms with Crippen LogP contribution in [0.25, 0.3) is 0 Å². The normalized spacial score (nSPS) is 16.2. The maximum atomic E-state index is 12.7. The number of piperidine rings is 1. The Morgan fingerprint density at radius 1 is 1.17 bits per heavy atom. The molecule has 1 unspecified atom stereocenters. The van der Waals surface area contributed by atoms with Crippen molar-refractivity contribution < 1.29 is 19.1 Å². The molecule has 0 aliphatic carbocycles. The minimum atomic E-state index is -0.270. The summed E-state index contributed by atoms with van der Waals surface area (Å²) in [6.45, 7) is 1.38. The van der Waals surface area contributed by atoms with Gasteiger partial charge in [0.05, 0.1) is 37.4 Å². The van der Waals surface area contributed by atoms with Gasteiger partial charge in [0.15, 0.2) is 0 Å². The maximum Gasteiger partial charge on any atom is 0.229 e. The predicted octanol–water partition coefficient (Wildman–Crippen LogP) is 2.92. The van der Waals surface area contributed by atoms with Crippen LogP contribution in [0, 0.1) is 5.92 Å². The van der Waals surface area contributed by atoms with E-state index >= 15 is 0 Å². The third-order valence-corrected chi connectivity index (χ3v) is 4.99. The lowest BCUT2D eigenvalue weighted by Crippen LogP contribution is -2.44. The molecule has 0 bridgehead atoms. The Labute approximate surface area is 170 Å². The predicted molar refractivity (Wildman–Crippen MR) is 112 cm³/mol. The van der Waals surface area contributed by atoms with Gasteiger partial charge in [-0.25, -0.2) is 0 Å². The summed E-state index contributed by atoms with van der Waals surface area (Å²) in [4.78, 5) is 27.0. The number of anilines is 2. The zero-order valence-corrected chi connectivity index (χ0v) is 16.6. The van der Waals surface area contributed by atoms with E-state index in [0.29, 0.717) is 36.8 Å². The van der Waals surface area contributed by atoms with Crippen molar-refractivity contribution in [3.05, 3.63) is 48.5 Å². The van der Waals surface area contributed by atoms with Gasteiger partial charge in [-0.1, -0.05) is 18.2 Å². The second kappa shape index (κ2) is 9.82. The largest absolute Gasteiger partial charge is 0.497 e. The highest BCUT2D eigenvalue weighted by atomic mass is 16.5. The zero-order chi connectivity index (χ0) is 20.6. The van der Waals surface area contributed by atoms with E-state index < -0.39 is 0 Å². The third kappa shape index (κ3) is 5.63. The molecule has 1 atom stereocenters. The number of likely N-dealkylation sites (tertiary alicyclic amines) is 1. The van der Waals surface area contributed by atoms with Crippen LogP contribution in [0.5, 0.6) is 11.5 Å². The van der Waals surface area contributed by atoms with Crippen LogP contribution >= 0.6 is 0 Å². The Hall–Kier alpha value is -3.22. The minimum Gasteiger partial charge on any atom is -0.497 e. The van der Waals surface area contributed by atoms with E-state index in [4.69, 9.17) is 15.2 Å². The molecule has 1 saturated heterocycles. The molecule has 1 aliphatic heterocycles. The van der Waals surface area contributed by atoms with E-state index in [0.717, 1.165) is 18.6 Å². The Morgan fingerprint density at radius 3 is 2.72 bits per heavy atom. The lowest BCUT2D eigenvalue weighted by atomic mass is 9.96. The Balaban J connectivity index is 1.51. The number of nitrogens with zero attached hydrogens (tertiary/aromatic N) is 1. The molecule has 3 N–H and O–H groups in total. The number of rotatable bonds is 7. The summed E-state index contributed by atoms with van der Waals surface area (Å²) in [7, 11) is 1.56. The second-order valence-electron chi connectivity index (χ2n) is 7.03. The van der Waals surface area contributed by atoms with Gasteiger partial charge in [0.1, 0.15) is 11.5 Å². The number of nitrogens with one attached hydrogen (secondary N) is 1. The quantitative estimate of drug-likeness (QED) is 0.701. The van der Waals surface area contributed by atoms with Gasteiger partial charge in [0, 0.05) is 19.2 Å². The smallest absolute Gasteiger partial charge is 0.229 e. The average Bonchev–Trinajstić information content (AvgIpc) is 2.76. The molecule has 0 spiro atoms. The molecule has 2 aromatic rings. The number of carbonyl (C=O) groups excluding carboxylic acids is 2. The van der Waals surface area contributed by atoms with Crippen molar-refractivity contribution in [3.8, 4) is 11.5 Å². The van der Waals surface area contributed by atoms with Crippen molar-refractivity contribution in [3.63, 3.8) is 0 Å². The first kappa shape index (κ1) is 20.5. The van der Waals surface area contributed by atoms with E-state index in [1.165, 1.54) is 0 Å². The highest BCUT2D eigenvalue weighted by Crippen LogP contribution is 2.26. The molecule has 0 aromatic heterocycles. The van der Waals surface area contributed by atoms with Gasteiger partial charge in [-0.05, 0) is 37.1 Å². The number of ether oxygens (including phenoxy) is 2. The topological polar surface area (TPSA) is 93.9 Å². The summed E-state index contributed by atoms with van der Waals surface area (Å²) in [5, 5.41) is 2.87. The van der Waals surface area contributed by atoms with Crippen LogP contribution in [0.2, 0.25) is 0 Å². The Bertz CT molecular complexity index is 841. The van der Waals surface area contributed by atoms with E-state index in [1.807, 2.05) is 30.3 Å². The highest BCUT2D eigenvalue weighted by molar-refractivity contribution is 5.96. The number of amides is 2. The number of hydrogen-bond donors (Lipinski definition) is 2. The molecule has 1 heterocycles. The van der Waals surface area contributed by atoms with Gasteiger partial charge in [0.2, 0.25) is 11.8 Å². The average molecular weight is 397 g/mol. The minimum absolute atomic E-state index is 0.000625. The molecule has 29 heavy (non-hydrogen) atoms. The fourth-order valence-electron chi connectivity index (χ4n) is 3.35. The van der Waals surface area contributed by atoms with E-state index in [2.05, 4.69) is 5.32 Å². The van der Waals surface area contributed by atoms with Gasteiger partial charge in [0.25, 0.3) is 0 Å². The van der Waals surface area contributed by atoms with Gasteiger partial charge < -0.3 is 25.4 Å². The number of hydrogen-bond acceptors (Lipinski definition) is 5. The van der Waals surface area contributed by atoms with Gasteiger partial charge >= 0.3 is 0 Å². The Morgan fingerprint density at radius 2 is 1.97 bits per heavy atom. The van der Waals surface area contributed by atoms with Crippen LogP contribution in [0.15, 0.2) is 48.5 Å².